The molecule has 0 bridgehead atoms. The minimum Gasteiger partial charge on any atom is -0.306 e. The van der Waals surface area contributed by atoms with Gasteiger partial charge >= 0.3 is 0 Å². The predicted octanol–water partition coefficient (Wildman–Crippen LogP) is 6.05. The molecule has 3 heterocycles. The van der Waals surface area contributed by atoms with Crippen molar-refractivity contribution in [3.63, 3.8) is 0 Å². The van der Waals surface area contributed by atoms with E-state index in [1.54, 1.807) is 18.2 Å². The molecule has 29 heavy (non-hydrogen) atoms. The van der Waals surface area contributed by atoms with Crippen LogP contribution in [0.3, 0.4) is 0 Å². The van der Waals surface area contributed by atoms with E-state index in [4.69, 9.17) is 11.6 Å². The smallest absolute Gasteiger partial charge is 0.268 e. The quantitative estimate of drug-likeness (QED) is 0.370. The summed E-state index contributed by atoms with van der Waals surface area (Å²) in [6.45, 7) is 1.81. The number of carbonyl (C=O) groups is 1. The van der Waals surface area contributed by atoms with Crippen LogP contribution < -0.4 is 5.32 Å². The summed E-state index contributed by atoms with van der Waals surface area (Å²) in [5.41, 5.74) is 0.980. The average molecular weight is 443 g/mol. The van der Waals surface area contributed by atoms with Gasteiger partial charge in [0.2, 0.25) is 5.13 Å². The number of para-hydroxylation sites is 1. The van der Waals surface area contributed by atoms with Crippen LogP contribution in [0, 0.1) is 12.7 Å². The number of rotatable bonds is 3. The standard InChI is InChI=1S/C20H12ClFN4OS2/c1-10-9-15(23-19(27)18-16(21)11-5-2-3-7-13(11)28-18)26(25-10)20-24-17-12(22)6-4-8-14(17)29-20/h2-9H,1H3,(H,23,27). The molecule has 144 valence electrons. The molecule has 3 aromatic heterocycles. The van der Waals surface area contributed by atoms with E-state index in [-0.39, 0.29) is 11.4 Å². The Bertz CT molecular complexity index is 1400. The van der Waals surface area contributed by atoms with Crippen LogP contribution in [0.2, 0.25) is 5.02 Å². The molecule has 0 aliphatic heterocycles. The molecule has 5 rings (SSSR count). The molecule has 5 aromatic rings. The molecular weight excluding hydrogens is 431 g/mol. The third kappa shape index (κ3) is 3.09. The Morgan fingerprint density at radius 1 is 1.14 bits per heavy atom. The molecule has 0 unspecified atom stereocenters. The second kappa shape index (κ2) is 6.91. The van der Waals surface area contributed by atoms with Crippen molar-refractivity contribution in [3.8, 4) is 5.13 Å². The van der Waals surface area contributed by atoms with Gasteiger partial charge in [-0.15, -0.1) is 11.3 Å². The molecule has 1 amide bonds. The number of nitrogens with zero attached hydrogens (tertiary/aromatic N) is 3. The highest BCUT2D eigenvalue weighted by Crippen LogP contribution is 2.36. The average Bonchev–Trinajstić information content (AvgIpc) is 3.38. The summed E-state index contributed by atoms with van der Waals surface area (Å²) in [7, 11) is 0. The van der Waals surface area contributed by atoms with E-state index in [1.165, 1.54) is 33.4 Å². The van der Waals surface area contributed by atoms with Crippen LogP contribution in [-0.4, -0.2) is 20.7 Å². The van der Waals surface area contributed by atoms with Crippen LogP contribution in [0.1, 0.15) is 15.4 Å². The van der Waals surface area contributed by atoms with E-state index >= 15 is 0 Å². The van der Waals surface area contributed by atoms with E-state index < -0.39 is 5.82 Å². The molecule has 0 radical (unpaired) electrons. The Morgan fingerprint density at radius 2 is 1.93 bits per heavy atom. The maximum atomic E-state index is 14.0. The first-order valence-electron chi connectivity index (χ1n) is 8.62. The molecule has 0 aliphatic rings. The van der Waals surface area contributed by atoms with Gasteiger partial charge in [0.15, 0.2) is 0 Å². The van der Waals surface area contributed by atoms with Crippen molar-refractivity contribution >= 4 is 66.3 Å². The summed E-state index contributed by atoms with van der Waals surface area (Å²) in [4.78, 5) is 17.7. The first kappa shape index (κ1) is 18.2. The Labute approximate surface area is 177 Å². The number of aromatic nitrogens is 3. The molecule has 0 fully saturated rings. The highest BCUT2D eigenvalue weighted by atomic mass is 35.5. The lowest BCUT2D eigenvalue weighted by Gasteiger charge is -2.05. The number of nitrogens with one attached hydrogen (secondary N) is 1. The maximum absolute atomic E-state index is 14.0. The minimum absolute atomic E-state index is 0.283. The summed E-state index contributed by atoms with van der Waals surface area (Å²) in [6.07, 6.45) is 0. The van der Waals surface area contributed by atoms with Gasteiger partial charge < -0.3 is 5.32 Å². The van der Waals surface area contributed by atoms with Crippen LogP contribution in [0.15, 0.2) is 48.5 Å². The molecule has 2 aromatic carbocycles. The number of anilines is 1. The Balaban J connectivity index is 1.54. The molecular formula is C20H12ClFN4OS2. The lowest BCUT2D eigenvalue weighted by atomic mass is 10.2. The zero-order chi connectivity index (χ0) is 20.1. The van der Waals surface area contributed by atoms with Gasteiger partial charge in [0.05, 0.1) is 15.4 Å². The fourth-order valence-electron chi connectivity index (χ4n) is 3.06. The fraction of sp³-hybridized carbons (Fsp3) is 0.0500. The normalized spacial score (nSPS) is 11.4. The van der Waals surface area contributed by atoms with E-state index in [0.29, 0.717) is 31.2 Å². The minimum atomic E-state index is -0.392. The van der Waals surface area contributed by atoms with E-state index in [9.17, 15) is 9.18 Å². The van der Waals surface area contributed by atoms with Crippen LogP contribution in [-0.2, 0) is 0 Å². The number of carbonyl (C=O) groups excluding carboxylic acids is 1. The van der Waals surface area contributed by atoms with Crippen molar-refractivity contribution in [2.75, 3.05) is 5.32 Å². The zero-order valence-electron chi connectivity index (χ0n) is 14.9. The van der Waals surface area contributed by atoms with E-state index in [2.05, 4.69) is 15.4 Å². The number of halogens is 2. The zero-order valence-corrected chi connectivity index (χ0v) is 17.3. The number of thiazole rings is 1. The van der Waals surface area contributed by atoms with Gasteiger partial charge in [-0.25, -0.2) is 9.37 Å². The third-order valence-corrected chi connectivity index (χ3v) is 7.02. The van der Waals surface area contributed by atoms with Crippen LogP contribution >= 0.6 is 34.3 Å². The number of fused-ring (bicyclic) bond motifs is 2. The highest BCUT2D eigenvalue weighted by Gasteiger charge is 2.20. The second-order valence-electron chi connectivity index (χ2n) is 6.36. The maximum Gasteiger partial charge on any atom is 0.268 e. The number of amides is 1. The SMILES string of the molecule is Cc1cc(NC(=O)c2sc3ccccc3c2Cl)n(-c2nc3c(F)cccc3s2)n1. The van der Waals surface area contributed by atoms with Crippen molar-refractivity contribution in [1.29, 1.82) is 0 Å². The second-order valence-corrected chi connectivity index (χ2v) is 8.80. The van der Waals surface area contributed by atoms with Crippen molar-refractivity contribution in [1.82, 2.24) is 14.8 Å². The fourth-order valence-corrected chi connectivity index (χ4v) is 5.42. The van der Waals surface area contributed by atoms with Crippen molar-refractivity contribution in [2.24, 2.45) is 0 Å². The summed E-state index contributed by atoms with van der Waals surface area (Å²) >= 11 is 9.05. The first-order valence-corrected chi connectivity index (χ1v) is 10.6. The topological polar surface area (TPSA) is 59.8 Å². The molecule has 0 saturated heterocycles. The molecule has 0 spiro atoms. The summed E-state index contributed by atoms with van der Waals surface area (Å²) in [6, 6.07) is 14.1. The number of aryl methyl sites for hydroxylation is 1. The van der Waals surface area contributed by atoms with Gasteiger partial charge in [-0.2, -0.15) is 9.78 Å². The number of hydrogen-bond acceptors (Lipinski definition) is 5. The van der Waals surface area contributed by atoms with Gasteiger partial charge in [0.1, 0.15) is 22.0 Å². The van der Waals surface area contributed by atoms with Crippen LogP contribution in [0.4, 0.5) is 10.2 Å². The van der Waals surface area contributed by atoms with Gasteiger partial charge in [-0.3, -0.25) is 4.79 Å². The van der Waals surface area contributed by atoms with Crippen molar-refractivity contribution < 1.29 is 9.18 Å². The van der Waals surface area contributed by atoms with Gasteiger partial charge in [0, 0.05) is 16.2 Å². The summed E-state index contributed by atoms with van der Waals surface area (Å²) in [5.74, 6) is -0.276. The molecule has 0 aliphatic carbocycles. The third-order valence-electron chi connectivity index (χ3n) is 4.35. The van der Waals surface area contributed by atoms with Crippen molar-refractivity contribution in [3.05, 3.63) is 69.9 Å². The van der Waals surface area contributed by atoms with Crippen LogP contribution in [0.25, 0.3) is 25.4 Å². The number of thiophene rings is 1. The number of benzene rings is 2. The largest absolute Gasteiger partial charge is 0.306 e. The number of hydrogen-bond donors (Lipinski definition) is 1. The van der Waals surface area contributed by atoms with Gasteiger partial charge in [-0.05, 0) is 25.1 Å². The predicted molar refractivity (Wildman–Crippen MR) is 116 cm³/mol. The monoisotopic (exact) mass is 442 g/mol. The van der Waals surface area contributed by atoms with Crippen LogP contribution in [0.5, 0.6) is 0 Å². The van der Waals surface area contributed by atoms with Gasteiger partial charge in [0.25, 0.3) is 5.91 Å². The molecule has 1 N–H and O–H groups in total. The Hall–Kier alpha value is -2.81. The molecule has 5 nitrogen and oxygen atoms in total. The lowest BCUT2D eigenvalue weighted by molar-refractivity contribution is 0.103. The lowest BCUT2D eigenvalue weighted by Crippen LogP contribution is -2.14. The molecule has 0 saturated carbocycles. The first-order chi connectivity index (χ1) is 14.0. The van der Waals surface area contributed by atoms with E-state index in [1.807, 2.05) is 31.2 Å². The molecule has 9 heteroatoms. The van der Waals surface area contributed by atoms with Crippen molar-refractivity contribution in [2.45, 2.75) is 6.92 Å². The van der Waals surface area contributed by atoms with Gasteiger partial charge in [-0.1, -0.05) is 47.2 Å². The Kier molecular flexibility index (Phi) is 4.34. The summed E-state index contributed by atoms with van der Waals surface area (Å²) in [5, 5.41) is 9.02. The highest BCUT2D eigenvalue weighted by molar-refractivity contribution is 7.21. The Morgan fingerprint density at radius 3 is 2.72 bits per heavy atom. The molecule has 0 atom stereocenters. The van der Waals surface area contributed by atoms with E-state index in [0.717, 1.165) is 10.1 Å². The summed E-state index contributed by atoms with van der Waals surface area (Å²) < 4.78 is 17.2.